The highest BCUT2D eigenvalue weighted by molar-refractivity contribution is 7.92. The number of carbonyl (C=O) groups excluding carboxylic acids is 1. The molecule has 1 amide bonds. The summed E-state index contributed by atoms with van der Waals surface area (Å²) in [6.45, 7) is 0. The highest BCUT2D eigenvalue weighted by Crippen LogP contribution is 2.02. The summed E-state index contributed by atoms with van der Waals surface area (Å²) in [5, 5.41) is 0. The molecule has 0 atom stereocenters. The summed E-state index contributed by atoms with van der Waals surface area (Å²) in [6.07, 6.45) is 2.88. The Bertz CT molecular complexity index is 409. The zero-order chi connectivity index (χ0) is 9.90. The lowest BCUT2D eigenvalue weighted by molar-refractivity contribution is 0.100. The fraction of sp³-hybridized carbons (Fsp3) is 0.222. The standard InChI is InChI=1S/C9H11NO2S/c1-13(2,12)10-9(11)8-6-4-3-5-7-8/h3-7H,1-2H3. The molecule has 1 aromatic carbocycles. The Morgan fingerprint density at radius 1 is 1.23 bits per heavy atom. The van der Waals surface area contributed by atoms with E-state index in [0.717, 1.165) is 0 Å². The summed E-state index contributed by atoms with van der Waals surface area (Å²) < 4.78 is 14.8. The van der Waals surface area contributed by atoms with Crippen molar-refractivity contribution in [1.29, 1.82) is 0 Å². The van der Waals surface area contributed by atoms with Crippen LogP contribution in [-0.2, 0) is 9.73 Å². The number of carbonyl (C=O) groups is 1. The van der Waals surface area contributed by atoms with E-state index >= 15 is 0 Å². The summed E-state index contributed by atoms with van der Waals surface area (Å²) in [4.78, 5) is 11.3. The maximum absolute atomic E-state index is 11.3. The third-order valence-electron chi connectivity index (χ3n) is 1.32. The van der Waals surface area contributed by atoms with Crippen LogP contribution in [-0.4, -0.2) is 22.6 Å². The summed E-state index contributed by atoms with van der Waals surface area (Å²) in [6, 6.07) is 8.60. The van der Waals surface area contributed by atoms with Gasteiger partial charge in [0.2, 0.25) is 0 Å². The van der Waals surface area contributed by atoms with E-state index in [2.05, 4.69) is 4.36 Å². The van der Waals surface area contributed by atoms with E-state index in [1.54, 1.807) is 24.3 Å². The van der Waals surface area contributed by atoms with Crippen LogP contribution in [0.3, 0.4) is 0 Å². The first-order valence-electron chi connectivity index (χ1n) is 3.75. The number of rotatable bonds is 1. The number of nitrogens with zero attached hydrogens (tertiary/aromatic N) is 1. The average Bonchev–Trinajstić information content (AvgIpc) is 2.03. The molecule has 0 aliphatic rings. The van der Waals surface area contributed by atoms with Crippen LogP contribution in [0.1, 0.15) is 10.4 Å². The molecule has 0 aliphatic carbocycles. The van der Waals surface area contributed by atoms with Crippen molar-refractivity contribution in [1.82, 2.24) is 0 Å². The second-order valence-corrected chi connectivity index (χ2v) is 5.49. The van der Waals surface area contributed by atoms with Gasteiger partial charge in [-0.2, -0.15) is 4.36 Å². The van der Waals surface area contributed by atoms with E-state index in [-0.39, 0.29) is 0 Å². The minimum absolute atomic E-state index is 0.421. The van der Waals surface area contributed by atoms with Gasteiger partial charge in [0.25, 0.3) is 5.91 Å². The second kappa shape index (κ2) is 3.70. The van der Waals surface area contributed by atoms with E-state index in [4.69, 9.17) is 0 Å². The zero-order valence-electron chi connectivity index (χ0n) is 7.56. The molecule has 4 heteroatoms. The third-order valence-corrected chi connectivity index (χ3v) is 1.93. The van der Waals surface area contributed by atoms with Crippen LogP contribution in [0.5, 0.6) is 0 Å². The first kappa shape index (κ1) is 9.92. The summed E-state index contributed by atoms with van der Waals surface area (Å²) >= 11 is 0. The minimum Gasteiger partial charge on any atom is -0.266 e. The van der Waals surface area contributed by atoms with E-state index < -0.39 is 15.6 Å². The smallest absolute Gasteiger partial charge is 0.266 e. The fourth-order valence-corrected chi connectivity index (χ4v) is 1.34. The molecule has 0 saturated carbocycles. The number of benzene rings is 1. The minimum atomic E-state index is -2.35. The summed E-state index contributed by atoms with van der Waals surface area (Å²) in [5.74, 6) is -0.421. The predicted molar refractivity (Wildman–Crippen MR) is 53.2 cm³/mol. The second-order valence-electron chi connectivity index (χ2n) is 2.94. The van der Waals surface area contributed by atoms with Gasteiger partial charge in [-0.15, -0.1) is 0 Å². The number of hydrogen-bond acceptors (Lipinski definition) is 2. The van der Waals surface area contributed by atoms with Gasteiger partial charge in [-0.05, 0) is 12.1 Å². The molecule has 70 valence electrons. The molecular formula is C9H11NO2S. The fourth-order valence-electron chi connectivity index (χ4n) is 0.833. The molecule has 1 rings (SSSR count). The van der Waals surface area contributed by atoms with Gasteiger partial charge in [0.15, 0.2) is 0 Å². The average molecular weight is 197 g/mol. The van der Waals surface area contributed by atoms with Gasteiger partial charge in [-0.1, -0.05) is 18.2 Å². The van der Waals surface area contributed by atoms with E-state index in [1.165, 1.54) is 12.5 Å². The van der Waals surface area contributed by atoms with Gasteiger partial charge in [0.05, 0.1) is 0 Å². The van der Waals surface area contributed by atoms with Gasteiger partial charge in [0, 0.05) is 27.8 Å². The lowest BCUT2D eigenvalue weighted by atomic mass is 10.2. The molecule has 0 N–H and O–H groups in total. The largest absolute Gasteiger partial charge is 0.285 e. The molecule has 13 heavy (non-hydrogen) atoms. The third kappa shape index (κ3) is 3.38. The van der Waals surface area contributed by atoms with Crippen LogP contribution in [0, 0.1) is 0 Å². The molecule has 0 fully saturated rings. The van der Waals surface area contributed by atoms with E-state index in [0.29, 0.717) is 5.56 Å². The normalized spacial score (nSPS) is 10.9. The molecular weight excluding hydrogens is 186 g/mol. The number of amides is 1. The Morgan fingerprint density at radius 2 is 1.77 bits per heavy atom. The van der Waals surface area contributed by atoms with E-state index in [1.807, 2.05) is 6.07 Å². The number of hydrogen-bond donors (Lipinski definition) is 0. The van der Waals surface area contributed by atoms with Gasteiger partial charge >= 0.3 is 0 Å². The van der Waals surface area contributed by atoms with Gasteiger partial charge < -0.3 is 0 Å². The highest BCUT2D eigenvalue weighted by atomic mass is 32.2. The molecule has 0 bridgehead atoms. The predicted octanol–water partition coefficient (Wildman–Crippen LogP) is 1.55. The first-order chi connectivity index (χ1) is 5.99. The van der Waals surface area contributed by atoms with Crippen LogP contribution in [0.25, 0.3) is 0 Å². The lowest BCUT2D eigenvalue weighted by Crippen LogP contribution is -2.00. The molecule has 0 radical (unpaired) electrons. The van der Waals surface area contributed by atoms with Crippen molar-refractivity contribution in [3.8, 4) is 0 Å². The summed E-state index contributed by atoms with van der Waals surface area (Å²) in [5.41, 5.74) is 0.471. The van der Waals surface area contributed by atoms with Gasteiger partial charge in [0.1, 0.15) is 0 Å². The van der Waals surface area contributed by atoms with Crippen molar-refractivity contribution in [2.24, 2.45) is 4.36 Å². The van der Waals surface area contributed by atoms with Crippen LogP contribution < -0.4 is 0 Å². The van der Waals surface area contributed by atoms with Crippen molar-refractivity contribution in [3.63, 3.8) is 0 Å². The Labute approximate surface area is 78.0 Å². The van der Waals surface area contributed by atoms with Crippen molar-refractivity contribution in [3.05, 3.63) is 35.9 Å². The zero-order valence-corrected chi connectivity index (χ0v) is 8.38. The molecule has 3 nitrogen and oxygen atoms in total. The van der Waals surface area contributed by atoms with Crippen molar-refractivity contribution in [2.45, 2.75) is 0 Å². The molecule has 0 heterocycles. The maximum atomic E-state index is 11.3. The molecule has 0 spiro atoms. The Balaban J connectivity index is 3.02. The quantitative estimate of drug-likeness (QED) is 0.685. The van der Waals surface area contributed by atoms with Gasteiger partial charge in [-0.3, -0.25) is 4.79 Å². The SMILES string of the molecule is CS(C)(=O)=NC(=O)c1ccccc1. The monoisotopic (exact) mass is 197 g/mol. The van der Waals surface area contributed by atoms with Crippen LogP contribution >= 0.6 is 0 Å². The Kier molecular flexibility index (Phi) is 2.83. The molecule has 0 unspecified atom stereocenters. The van der Waals surface area contributed by atoms with E-state index in [9.17, 15) is 9.00 Å². The summed E-state index contributed by atoms with van der Waals surface area (Å²) in [7, 11) is -2.35. The van der Waals surface area contributed by atoms with Crippen molar-refractivity contribution >= 4 is 15.6 Å². The van der Waals surface area contributed by atoms with Gasteiger partial charge in [-0.25, -0.2) is 4.21 Å². The Morgan fingerprint density at radius 3 is 2.23 bits per heavy atom. The first-order valence-corrected chi connectivity index (χ1v) is 6.09. The highest BCUT2D eigenvalue weighted by Gasteiger charge is 2.03. The van der Waals surface area contributed by atoms with Crippen LogP contribution in [0.2, 0.25) is 0 Å². The lowest BCUT2D eigenvalue weighted by Gasteiger charge is -1.95. The topological polar surface area (TPSA) is 46.5 Å². The molecule has 0 saturated heterocycles. The molecule has 1 aromatic rings. The Hall–Kier alpha value is -1.16. The van der Waals surface area contributed by atoms with Crippen molar-refractivity contribution < 1.29 is 9.00 Å². The maximum Gasteiger partial charge on any atom is 0.285 e. The van der Waals surface area contributed by atoms with Crippen LogP contribution in [0.4, 0.5) is 0 Å². The van der Waals surface area contributed by atoms with Crippen molar-refractivity contribution in [2.75, 3.05) is 12.5 Å². The molecule has 0 aromatic heterocycles. The van der Waals surface area contributed by atoms with Crippen LogP contribution in [0.15, 0.2) is 34.7 Å². The molecule has 0 aliphatic heterocycles.